The zero-order valence-corrected chi connectivity index (χ0v) is 25.6. The highest BCUT2D eigenvalue weighted by atomic mass is 19.4. The van der Waals surface area contributed by atoms with Gasteiger partial charge in [-0.15, -0.1) is 18.3 Å². The van der Waals surface area contributed by atoms with Crippen LogP contribution in [0, 0.1) is 23.7 Å². The van der Waals surface area contributed by atoms with Crippen LogP contribution in [0.4, 0.5) is 51.1 Å². The predicted octanol–water partition coefficient (Wildman–Crippen LogP) is 6.93. The van der Waals surface area contributed by atoms with Gasteiger partial charge in [0.25, 0.3) is 5.95 Å². The Morgan fingerprint density at radius 1 is 0.958 bits per heavy atom. The molecule has 2 unspecified atom stereocenters. The van der Waals surface area contributed by atoms with Crippen molar-refractivity contribution in [1.82, 2.24) is 20.2 Å². The number of carbonyl (C=O) groups is 1. The molecule has 0 spiro atoms. The SMILES string of the molecule is CC1CN(c2ccc(OC(F)(F)F)cc2CN(Cc2cc(C(F)(F)F)cc(C(F)(F)F)c2)c2nnn(C)n2)C[C@@H]2CC[C@@H](C(=O)O)CC12. The quantitative estimate of drug-likeness (QED) is 0.254. The lowest BCUT2D eigenvalue weighted by Crippen LogP contribution is -2.48. The summed E-state index contributed by atoms with van der Waals surface area (Å²) in [6, 6.07) is 4.76. The molecule has 4 atom stereocenters. The van der Waals surface area contributed by atoms with E-state index in [2.05, 4.69) is 20.1 Å². The Morgan fingerprint density at radius 2 is 1.62 bits per heavy atom. The van der Waals surface area contributed by atoms with Gasteiger partial charge < -0.3 is 19.6 Å². The maximum atomic E-state index is 13.6. The van der Waals surface area contributed by atoms with Gasteiger partial charge in [0.1, 0.15) is 5.75 Å². The number of hydrogen-bond acceptors (Lipinski definition) is 7. The van der Waals surface area contributed by atoms with Gasteiger partial charge in [-0.25, -0.2) is 0 Å². The Labute approximate surface area is 268 Å². The van der Waals surface area contributed by atoms with Crippen LogP contribution in [0.1, 0.15) is 48.4 Å². The number of anilines is 2. The van der Waals surface area contributed by atoms with E-state index in [-0.39, 0.29) is 41.9 Å². The van der Waals surface area contributed by atoms with E-state index >= 15 is 0 Å². The highest BCUT2D eigenvalue weighted by Crippen LogP contribution is 2.44. The predicted molar refractivity (Wildman–Crippen MR) is 152 cm³/mol. The average Bonchev–Trinajstić information content (AvgIpc) is 3.41. The number of rotatable bonds is 8. The van der Waals surface area contributed by atoms with Crippen molar-refractivity contribution >= 4 is 17.6 Å². The zero-order chi connectivity index (χ0) is 35.2. The van der Waals surface area contributed by atoms with Crippen LogP contribution in [0.15, 0.2) is 36.4 Å². The van der Waals surface area contributed by atoms with Crippen molar-refractivity contribution in [2.24, 2.45) is 30.7 Å². The van der Waals surface area contributed by atoms with Crippen LogP contribution in [0.25, 0.3) is 0 Å². The van der Waals surface area contributed by atoms with Gasteiger partial charge in [0.05, 0.1) is 24.1 Å². The van der Waals surface area contributed by atoms with Crippen molar-refractivity contribution in [2.75, 3.05) is 22.9 Å². The van der Waals surface area contributed by atoms with Gasteiger partial charge in [-0.2, -0.15) is 31.1 Å². The van der Waals surface area contributed by atoms with E-state index < -0.39 is 59.6 Å². The van der Waals surface area contributed by atoms with Crippen LogP contribution in [0.5, 0.6) is 5.75 Å². The van der Waals surface area contributed by atoms with Gasteiger partial charge in [-0.05, 0) is 89.8 Å². The summed E-state index contributed by atoms with van der Waals surface area (Å²) in [5, 5.41) is 21.2. The van der Waals surface area contributed by atoms with Crippen LogP contribution in [0.2, 0.25) is 0 Å². The van der Waals surface area contributed by atoms with Crippen molar-refractivity contribution in [2.45, 2.75) is 58.0 Å². The molecule has 2 aliphatic rings. The van der Waals surface area contributed by atoms with E-state index in [1.54, 1.807) is 0 Å². The van der Waals surface area contributed by atoms with Crippen molar-refractivity contribution in [3.63, 3.8) is 0 Å². The lowest BCUT2D eigenvalue weighted by atomic mass is 9.67. The van der Waals surface area contributed by atoms with E-state index in [1.165, 1.54) is 18.0 Å². The van der Waals surface area contributed by atoms with E-state index in [1.807, 2.05) is 11.8 Å². The molecule has 0 bridgehead atoms. The lowest BCUT2D eigenvalue weighted by Gasteiger charge is -2.47. The molecule has 9 nitrogen and oxygen atoms in total. The summed E-state index contributed by atoms with van der Waals surface area (Å²) in [4.78, 5) is 15.8. The molecule has 0 radical (unpaired) electrons. The van der Waals surface area contributed by atoms with Crippen molar-refractivity contribution in [3.05, 3.63) is 58.7 Å². The molecule has 2 aromatic carbocycles. The smallest absolute Gasteiger partial charge is 0.481 e. The molecule has 1 aromatic heterocycles. The van der Waals surface area contributed by atoms with Crippen molar-refractivity contribution < 1.29 is 54.2 Å². The molecule has 1 aliphatic carbocycles. The van der Waals surface area contributed by atoms with E-state index in [4.69, 9.17) is 0 Å². The molecule has 2 fully saturated rings. The number of carboxylic acid groups (broad SMARTS) is 1. The number of aromatic nitrogens is 4. The molecule has 1 saturated carbocycles. The molecule has 262 valence electrons. The number of aryl methyl sites for hydroxylation is 1. The fourth-order valence-electron chi connectivity index (χ4n) is 6.78. The minimum Gasteiger partial charge on any atom is -0.481 e. The first kappa shape index (κ1) is 35.1. The number of hydrogen-bond donors (Lipinski definition) is 1. The summed E-state index contributed by atoms with van der Waals surface area (Å²) in [7, 11) is 1.38. The Balaban J connectivity index is 1.53. The summed E-state index contributed by atoms with van der Waals surface area (Å²) in [6.07, 6.45) is -13.6. The molecule has 18 heteroatoms. The average molecular weight is 695 g/mol. The molecular weight excluding hydrogens is 663 g/mol. The van der Waals surface area contributed by atoms with Crippen LogP contribution in [0.3, 0.4) is 0 Å². The van der Waals surface area contributed by atoms with Gasteiger partial charge >= 0.3 is 24.7 Å². The Kier molecular flexibility index (Phi) is 9.49. The van der Waals surface area contributed by atoms with Gasteiger partial charge in [0.2, 0.25) is 0 Å². The molecule has 1 saturated heterocycles. The normalized spacial score (nSPS) is 21.9. The number of halogens is 9. The minimum absolute atomic E-state index is 0.000810. The fourth-order valence-corrected chi connectivity index (χ4v) is 6.78. The number of carboxylic acids is 1. The van der Waals surface area contributed by atoms with Gasteiger partial charge in [0, 0.05) is 31.9 Å². The summed E-state index contributed by atoms with van der Waals surface area (Å²) >= 11 is 0. The van der Waals surface area contributed by atoms with Crippen LogP contribution in [-0.2, 0) is 37.3 Å². The summed E-state index contributed by atoms with van der Waals surface area (Å²) in [5.41, 5.74) is -2.80. The molecule has 1 aliphatic heterocycles. The van der Waals surface area contributed by atoms with Crippen molar-refractivity contribution in [1.29, 1.82) is 0 Å². The first-order valence-electron chi connectivity index (χ1n) is 14.9. The highest BCUT2D eigenvalue weighted by molar-refractivity contribution is 5.70. The largest absolute Gasteiger partial charge is 0.573 e. The summed E-state index contributed by atoms with van der Waals surface area (Å²) < 4.78 is 126. The number of ether oxygens (including phenoxy) is 1. The van der Waals surface area contributed by atoms with E-state index in [9.17, 15) is 49.4 Å². The summed E-state index contributed by atoms with van der Waals surface area (Å²) in [5.74, 6) is -1.90. The second kappa shape index (κ2) is 13.0. The Bertz CT molecular complexity index is 1590. The first-order valence-corrected chi connectivity index (χ1v) is 14.9. The Hall–Kier alpha value is -4.25. The number of nitrogens with zero attached hydrogens (tertiary/aromatic N) is 6. The molecule has 48 heavy (non-hydrogen) atoms. The number of tetrazole rings is 1. The molecule has 5 rings (SSSR count). The van der Waals surface area contributed by atoms with Crippen LogP contribution < -0.4 is 14.5 Å². The topological polar surface area (TPSA) is 96.6 Å². The van der Waals surface area contributed by atoms with E-state index in [0.29, 0.717) is 50.2 Å². The third-order valence-corrected chi connectivity index (χ3v) is 8.88. The third kappa shape index (κ3) is 8.24. The number of benzene rings is 2. The maximum absolute atomic E-state index is 13.6. The lowest BCUT2D eigenvalue weighted by molar-refractivity contribution is -0.274. The minimum atomic E-state index is -5.10. The van der Waals surface area contributed by atoms with Crippen LogP contribution >= 0.6 is 0 Å². The Morgan fingerprint density at radius 3 is 2.19 bits per heavy atom. The number of fused-ring (bicyclic) bond motifs is 1. The van der Waals surface area contributed by atoms with Crippen molar-refractivity contribution in [3.8, 4) is 5.75 Å². The second-order valence-electron chi connectivity index (χ2n) is 12.3. The summed E-state index contributed by atoms with van der Waals surface area (Å²) in [6.45, 7) is 1.90. The van der Waals surface area contributed by atoms with E-state index in [0.717, 1.165) is 16.9 Å². The van der Waals surface area contributed by atoms with Gasteiger partial charge in [-0.1, -0.05) is 12.0 Å². The number of piperidine rings is 1. The zero-order valence-electron chi connectivity index (χ0n) is 25.6. The molecule has 2 heterocycles. The molecular formula is C30H31F9N6O3. The van der Waals surface area contributed by atoms with Gasteiger partial charge in [0.15, 0.2) is 0 Å². The standard InChI is InChI=1S/C30H31F9N6O3/c1-16-12-44(14-19-4-3-18(26(46)47)10-24(16)19)25-6-5-23(48-30(37,38)39)9-20(25)15-45(27-40-42-43(2)41-27)13-17-7-21(28(31,32)33)11-22(8-17)29(34,35)36/h5-9,11,16,18-19,24H,3-4,10,12-15H2,1-2H3,(H,46,47)/t16?,18-,19+,24?/m1/s1. The van der Waals surface area contributed by atoms with Gasteiger partial charge in [-0.3, -0.25) is 4.79 Å². The monoisotopic (exact) mass is 694 g/mol. The molecule has 0 amide bonds. The molecule has 1 N–H and O–H groups in total. The number of alkyl halides is 9. The highest BCUT2D eigenvalue weighted by Gasteiger charge is 2.42. The molecule has 3 aromatic rings. The maximum Gasteiger partial charge on any atom is 0.573 e. The third-order valence-electron chi connectivity index (χ3n) is 8.88. The van der Waals surface area contributed by atoms with Crippen LogP contribution in [-0.4, -0.2) is 50.7 Å². The number of aliphatic carboxylic acids is 1. The second-order valence-corrected chi connectivity index (χ2v) is 12.3. The first-order chi connectivity index (χ1) is 22.3. The fraction of sp³-hybridized carbons (Fsp3) is 0.533.